The summed E-state index contributed by atoms with van der Waals surface area (Å²) in [6, 6.07) is 7.22. The molecule has 0 bridgehead atoms. The van der Waals surface area contributed by atoms with Crippen molar-refractivity contribution in [3.63, 3.8) is 0 Å². The monoisotopic (exact) mass is 312 g/mol. The van der Waals surface area contributed by atoms with Crippen LogP contribution in [0.3, 0.4) is 0 Å². The number of hydrogen-bond acceptors (Lipinski definition) is 3. The van der Waals surface area contributed by atoms with Crippen LogP contribution in [-0.4, -0.2) is 11.7 Å². The van der Waals surface area contributed by atoms with Gasteiger partial charge in [-0.3, -0.25) is 4.79 Å². The number of carbonyl (C=O) groups is 1. The summed E-state index contributed by atoms with van der Waals surface area (Å²) in [6.07, 6.45) is 0. The van der Waals surface area contributed by atoms with Gasteiger partial charge in [0.1, 0.15) is 5.82 Å². The van der Waals surface area contributed by atoms with Crippen LogP contribution in [0.1, 0.15) is 0 Å². The molecule has 3 N–H and O–H groups in total. The highest BCUT2D eigenvalue weighted by atomic mass is 32.2. The van der Waals surface area contributed by atoms with Crippen molar-refractivity contribution in [2.75, 3.05) is 16.8 Å². The molecular weight excluding hydrogens is 301 g/mol. The predicted octanol–water partition coefficient (Wildman–Crippen LogP) is 3.42. The lowest BCUT2D eigenvalue weighted by atomic mass is 10.2. The van der Waals surface area contributed by atoms with Crippen molar-refractivity contribution in [1.82, 2.24) is 0 Å². The SMILES string of the molecule is Nc1cc(NC(=O)CSc2ccc(F)c(F)c2)ccc1F. The maximum absolute atomic E-state index is 13.0. The van der Waals surface area contributed by atoms with Gasteiger partial charge in [-0.25, -0.2) is 13.2 Å². The average molecular weight is 312 g/mol. The van der Waals surface area contributed by atoms with E-state index in [1.54, 1.807) is 0 Å². The fourth-order valence-electron chi connectivity index (χ4n) is 1.53. The molecular formula is C14H11F3N2OS. The fourth-order valence-corrected chi connectivity index (χ4v) is 2.26. The van der Waals surface area contributed by atoms with Crippen LogP contribution in [0.25, 0.3) is 0 Å². The molecule has 0 saturated heterocycles. The zero-order chi connectivity index (χ0) is 15.4. The van der Waals surface area contributed by atoms with E-state index in [4.69, 9.17) is 5.73 Å². The van der Waals surface area contributed by atoms with Crippen molar-refractivity contribution < 1.29 is 18.0 Å². The van der Waals surface area contributed by atoms with Gasteiger partial charge in [0.15, 0.2) is 11.6 Å². The second-order valence-corrected chi connectivity index (χ2v) is 5.20. The van der Waals surface area contributed by atoms with Crippen molar-refractivity contribution in [3.05, 3.63) is 53.8 Å². The Balaban J connectivity index is 1.92. The fraction of sp³-hybridized carbons (Fsp3) is 0.0714. The summed E-state index contributed by atoms with van der Waals surface area (Å²) in [7, 11) is 0. The number of nitrogen functional groups attached to an aromatic ring is 1. The van der Waals surface area contributed by atoms with E-state index in [-0.39, 0.29) is 17.3 Å². The van der Waals surface area contributed by atoms with Gasteiger partial charge in [0, 0.05) is 10.6 Å². The number of anilines is 2. The molecule has 110 valence electrons. The van der Waals surface area contributed by atoms with E-state index >= 15 is 0 Å². The molecule has 0 spiro atoms. The molecule has 0 unspecified atom stereocenters. The van der Waals surface area contributed by atoms with E-state index in [0.29, 0.717) is 10.6 Å². The normalized spacial score (nSPS) is 10.4. The Morgan fingerprint density at radius 3 is 2.43 bits per heavy atom. The van der Waals surface area contributed by atoms with Crippen molar-refractivity contribution in [2.24, 2.45) is 0 Å². The van der Waals surface area contributed by atoms with E-state index in [2.05, 4.69) is 5.32 Å². The molecule has 2 aromatic carbocycles. The highest BCUT2D eigenvalue weighted by molar-refractivity contribution is 8.00. The van der Waals surface area contributed by atoms with Gasteiger partial charge in [-0.1, -0.05) is 0 Å². The summed E-state index contributed by atoms with van der Waals surface area (Å²) in [4.78, 5) is 12.1. The van der Waals surface area contributed by atoms with E-state index < -0.39 is 17.5 Å². The molecule has 0 aliphatic carbocycles. The Kier molecular flexibility index (Phi) is 4.74. The van der Waals surface area contributed by atoms with Crippen molar-refractivity contribution in [2.45, 2.75) is 4.90 Å². The van der Waals surface area contributed by atoms with Gasteiger partial charge in [0.2, 0.25) is 5.91 Å². The highest BCUT2D eigenvalue weighted by Gasteiger charge is 2.07. The minimum atomic E-state index is -0.966. The van der Waals surface area contributed by atoms with Crippen LogP contribution >= 0.6 is 11.8 Å². The van der Waals surface area contributed by atoms with Crippen molar-refractivity contribution in [3.8, 4) is 0 Å². The molecule has 0 aromatic heterocycles. The largest absolute Gasteiger partial charge is 0.396 e. The molecule has 0 aliphatic heterocycles. The molecule has 2 rings (SSSR count). The summed E-state index contributed by atoms with van der Waals surface area (Å²) in [6.45, 7) is 0. The maximum Gasteiger partial charge on any atom is 0.234 e. The van der Waals surface area contributed by atoms with Gasteiger partial charge in [-0.15, -0.1) is 11.8 Å². The van der Waals surface area contributed by atoms with Gasteiger partial charge >= 0.3 is 0 Å². The van der Waals surface area contributed by atoms with Crippen LogP contribution in [-0.2, 0) is 4.79 Å². The third-order valence-electron chi connectivity index (χ3n) is 2.54. The van der Waals surface area contributed by atoms with Gasteiger partial charge in [-0.05, 0) is 36.4 Å². The third kappa shape index (κ3) is 4.16. The van der Waals surface area contributed by atoms with Crippen molar-refractivity contribution >= 4 is 29.0 Å². The number of thioether (sulfide) groups is 1. The first-order valence-electron chi connectivity index (χ1n) is 5.88. The summed E-state index contributed by atoms with van der Waals surface area (Å²) < 4.78 is 38.7. The van der Waals surface area contributed by atoms with E-state index in [1.807, 2.05) is 0 Å². The van der Waals surface area contributed by atoms with Gasteiger partial charge in [-0.2, -0.15) is 0 Å². The van der Waals surface area contributed by atoms with E-state index in [9.17, 15) is 18.0 Å². The van der Waals surface area contributed by atoms with Crippen LogP contribution in [0, 0.1) is 17.5 Å². The highest BCUT2D eigenvalue weighted by Crippen LogP contribution is 2.21. The number of halogens is 3. The molecule has 0 atom stereocenters. The molecule has 2 aromatic rings. The lowest BCUT2D eigenvalue weighted by Gasteiger charge is -2.06. The first-order valence-corrected chi connectivity index (χ1v) is 6.87. The Morgan fingerprint density at radius 2 is 1.76 bits per heavy atom. The van der Waals surface area contributed by atoms with Gasteiger partial charge in [0.05, 0.1) is 11.4 Å². The molecule has 0 radical (unpaired) electrons. The minimum absolute atomic E-state index is 0.00233. The number of benzene rings is 2. The van der Waals surface area contributed by atoms with Crippen LogP contribution in [0.2, 0.25) is 0 Å². The Labute approximate surface area is 123 Å². The zero-order valence-electron chi connectivity index (χ0n) is 10.7. The average Bonchev–Trinajstić information content (AvgIpc) is 2.44. The molecule has 0 heterocycles. The topological polar surface area (TPSA) is 55.1 Å². The molecule has 7 heteroatoms. The Bertz CT molecular complexity index is 679. The van der Waals surface area contributed by atoms with Crippen LogP contribution < -0.4 is 11.1 Å². The number of rotatable bonds is 4. The van der Waals surface area contributed by atoms with E-state index in [0.717, 1.165) is 30.0 Å². The Hall–Kier alpha value is -2.15. The van der Waals surface area contributed by atoms with Gasteiger partial charge < -0.3 is 11.1 Å². The van der Waals surface area contributed by atoms with Crippen LogP contribution in [0.5, 0.6) is 0 Å². The minimum Gasteiger partial charge on any atom is -0.396 e. The molecule has 21 heavy (non-hydrogen) atoms. The summed E-state index contributed by atoms with van der Waals surface area (Å²) in [5, 5.41) is 2.53. The molecule has 0 aliphatic rings. The number of nitrogens with two attached hydrogens (primary N) is 1. The number of carbonyl (C=O) groups excluding carboxylic acids is 1. The lowest BCUT2D eigenvalue weighted by molar-refractivity contribution is -0.113. The van der Waals surface area contributed by atoms with Crippen molar-refractivity contribution in [1.29, 1.82) is 0 Å². The van der Waals surface area contributed by atoms with Gasteiger partial charge in [0.25, 0.3) is 0 Å². The standard InChI is InChI=1S/C14H11F3N2OS/c15-10-4-2-9(6-12(10)17)21-7-14(20)19-8-1-3-11(16)13(18)5-8/h1-6H,7,18H2,(H,19,20). The lowest BCUT2D eigenvalue weighted by Crippen LogP contribution is -2.14. The molecule has 0 fully saturated rings. The van der Waals surface area contributed by atoms with E-state index in [1.165, 1.54) is 18.2 Å². The third-order valence-corrected chi connectivity index (χ3v) is 3.53. The number of nitrogens with one attached hydrogen (secondary N) is 1. The number of hydrogen-bond donors (Lipinski definition) is 2. The molecule has 3 nitrogen and oxygen atoms in total. The summed E-state index contributed by atoms with van der Waals surface area (Å²) >= 11 is 1.05. The van der Waals surface area contributed by atoms with Crippen LogP contribution in [0.15, 0.2) is 41.3 Å². The maximum atomic E-state index is 13.0. The second-order valence-electron chi connectivity index (χ2n) is 4.15. The quantitative estimate of drug-likeness (QED) is 0.672. The Morgan fingerprint density at radius 1 is 1.05 bits per heavy atom. The molecule has 0 saturated carbocycles. The first-order chi connectivity index (χ1) is 9.95. The van der Waals surface area contributed by atoms with Crippen LogP contribution in [0.4, 0.5) is 24.5 Å². The summed E-state index contributed by atoms with van der Waals surface area (Å²) in [5.41, 5.74) is 5.68. The first kappa shape index (κ1) is 15.2. The molecule has 1 amide bonds. The zero-order valence-corrected chi connectivity index (χ0v) is 11.5. The smallest absolute Gasteiger partial charge is 0.234 e. The number of amides is 1. The second kappa shape index (κ2) is 6.53. The predicted molar refractivity (Wildman–Crippen MR) is 76.5 cm³/mol. The summed E-state index contributed by atoms with van der Waals surface area (Å²) in [5.74, 6) is -2.83.